The second kappa shape index (κ2) is 7.32. The van der Waals surface area contributed by atoms with Crippen LogP contribution >= 0.6 is 11.3 Å². The first-order valence-corrected chi connectivity index (χ1v) is 8.33. The number of aryl methyl sites for hydroxylation is 1. The Morgan fingerprint density at radius 2 is 2.22 bits per heavy atom. The highest BCUT2D eigenvalue weighted by Gasteiger charge is 2.15. The Kier molecular flexibility index (Phi) is 4.96. The molecule has 23 heavy (non-hydrogen) atoms. The van der Waals surface area contributed by atoms with Crippen LogP contribution in [-0.4, -0.2) is 16.4 Å². The number of thiophene rings is 1. The van der Waals surface area contributed by atoms with Crippen LogP contribution in [0.2, 0.25) is 0 Å². The summed E-state index contributed by atoms with van der Waals surface area (Å²) in [7, 11) is 0. The van der Waals surface area contributed by atoms with Crippen molar-refractivity contribution in [3.8, 4) is 23.3 Å². The molecule has 0 bridgehead atoms. The maximum Gasteiger partial charge on any atom is 0.227 e. The number of hydrogen-bond donors (Lipinski definition) is 0. The molecule has 0 N–H and O–H groups in total. The maximum absolute atomic E-state index is 5.81. The predicted octanol–water partition coefficient (Wildman–Crippen LogP) is 4.33. The highest BCUT2D eigenvalue weighted by Crippen LogP contribution is 2.24. The van der Waals surface area contributed by atoms with Crippen LogP contribution < -0.4 is 0 Å². The third-order valence-corrected chi connectivity index (χ3v) is 4.16. The molecule has 0 amide bonds. The molecule has 3 aromatic rings. The van der Waals surface area contributed by atoms with Crippen molar-refractivity contribution in [2.75, 3.05) is 6.54 Å². The molecule has 0 saturated carbocycles. The first kappa shape index (κ1) is 15.6. The molecular weight excluding hydrogens is 308 g/mol. The smallest absolute Gasteiger partial charge is 0.227 e. The van der Waals surface area contributed by atoms with Crippen LogP contribution in [0.4, 0.5) is 0 Å². The fourth-order valence-electron chi connectivity index (χ4n) is 2.28. The van der Waals surface area contributed by atoms with Gasteiger partial charge < -0.3 is 8.83 Å². The largest absolute Gasteiger partial charge is 0.468 e. The third-order valence-electron chi connectivity index (χ3n) is 3.47. The standard InChI is InChI=1S/C18H18N2O2S/c1-3-4-8-20(11-16-6-5-9-21-16)12-17-14(2)22-18(19-17)15-7-10-23-13-15/h5-7,9-10,13H,8,11-12H2,1-2H3. The first-order valence-electron chi connectivity index (χ1n) is 7.39. The number of aromatic nitrogens is 1. The molecule has 3 rings (SSSR count). The average Bonchev–Trinajstić information content (AvgIpc) is 3.27. The summed E-state index contributed by atoms with van der Waals surface area (Å²) >= 11 is 1.64. The minimum atomic E-state index is 0.664. The van der Waals surface area contributed by atoms with Crippen LogP contribution in [-0.2, 0) is 13.1 Å². The van der Waals surface area contributed by atoms with E-state index >= 15 is 0 Å². The lowest BCUT2D eigenvalue weighted by Crippen LogP contribution is -2.23. The molecule has 0 aliphatic heterocycles. The van der Waals surface area contributed by atoms with Crippen LogP contribution in [0, 0.1) is 18.8 Å². The topological polar surface area (TPSA) is 42.4 Å². The van der Waals surface area contributed by atoms with E-state index in [1.165, 1.54) is 0 Å². The van der Waals surface area contributed by atoms with Gasteiger partial charge in [-0.3, -0.25) is 4.90 Å². The van der Waals surface area contributed by atoms with Crippen LogP contribution in [0.5, 0.6) is 0 Å². The lowest BCUT2D eigenvalue weighted by molar-refractivity contribution is 0.260. The Morgan fingerprint density at radius 1 is 1.30 bits per heavy atom. The lowest BCUT2D eigenvalue weighted by atomic mass is 10.3. The van der Waals surface area contributed by atoms with E-state index in [1.807, 2.05) is 42.8 Å². The van der Waals surface area contributed by atoms with Gasteiger partial charge in [0.2, 0.25) is 5.89 Å². The minimum Gasteiger partial charge on any atom is -0.468 e. The van der Waals surface area contributed by atoms with E-state index in [0.29, 0.717) is 25.5 Å². The van der Waals surface area contributed by atoms with Crippen molar-refractivity contribution < 1.29 is 8.83 Å². The number of nitrogens with zero attached hydrogens (tertiary/aromatic N) is 2. The van der Waals surface area contributed by atoms with Gasteiger partial charge in [-0.05, 0) is 37.4 Å². The highest BCUT2D eigenvalue weighted by molar-refractivity contribution is 7.08. The zero-order chi connectivity index (χ0) is 16.1. The molecule has 3 aromatic heterocycles. The van der Waals surface area contributed by atoms with Crippen LogP contribution in [0.15, 0.2) is 44.1 Å². The van der Waals surface area contributed by atoms with E-state index in [9.17, 15) is 0 Å². The quantitative estimate of drug-likeness (QED) is 0.632. The monoisotopic (exact) mass is 326 g/mol. The summed E-state index contributed by atoms with van der Waals surface area (Å²) in [4.78, 5) is 6.84. The van der Waals surface area contributed by atoms with E-state index in [-0.39, 0.29) is 0 Å². The molecular formula is C18H18N2O2S. The van der Waals surface area contributed by atoms with Gasteiger partial charge in [-0.2, -0.15) is 11.3 Å². The van der Waals surface area contributed by atoms with Crippen LogP contribution in [0.25, 0.3) is 11.5 Å². The van der Waals surface area contributed by atoms with E-state index in [4.69, 9.17) is 8.83 Å². The van der Waals surface area contributed by atoms with E-state index < -0.39 is 0 Å². The molecule has 118 valence electrons. The zero-order valence-corrected chi connectivity index (χ0v) is 14.0. The summed E-state index contributed by atoms with van der Waals surface area (Å²) in [5.74, 6) is 8.50. The Hall–Kier alpha value is -2.29. The maximum atomic E-state index is 5.81. The van der Waals surface area contributed by atoms with Gasteiger partial charge in [0.1, 0.15) is 11.5 Å². The first-order chi connectivity index (χ1) is 11.3. The Bertz CT molecular complexity index is 792. The lowest BCUT2D eigenvalue weighted by Gasteiger charge is -2.17. The van der Waals surface area contributed by atoms with Crippen molar-refractivity contribution in [2.45, 2.75) is 26.9 Å². The normalized spacial score (nSPS) is 10.7. The van der Waals surface area contributed by atoms with Crippen molar-refractivity contribution in [1.82, 2.24) is 9.88 Å². The fourth-order valence-corrected chi connectivity index (χ4v) is 2.91. The summed E-state index contributed by atoms with van der Waals surface area (Å²) in [6, 6.07) is 5.89. The Balaban J connectivity index is 1.77. The Morgan fingerprint density at radius 3 is 2.91 bits per heavy atom. The van der Waals surface area contributed by atoms with Gasteiger partial charge in [-0.1, -0.05) is 5.92 Å². The van der Waals surface area contributed by atoms with Gasteiger partial charge in [-0.15, -0.1) is 5.92 Å². The summed E-state index contributed by atoms with van der Waals surface area (Å²) in [6.45, 7) is 5.84. The van der Waals surface area contributed by atoms with E-state index in [1.54, 1.807) is 17.6 Å². The molecule has 0 aliphatic rings. The summed E-state index contributed by atoms with van der Waals surface area (Å²) < 4.78 is 11.3. The number of oxazole rings is 1. The molecule has 0 radical (unpaired) electrons. The molecule has 0 unspecified atom stereocenters. The molecule has 5 heteroatoms. The van der Waals surface area contributed by atoms with Crippen molar-refractivity contribution >= 4 is 11.3 Å². The van der Waals surface area contributed by atoms with Gasteiger partial charge in [-0.25, -0.2) is 4.98 Å². The molecule has 0 fully saturated rings. The third kappa shape index (κ3) is 3.92. The van der Waals surface area contributed by atoms with Crippen molar-refractivity contribution in [2.24, 2.45) is 0 Å². The minimum absolute atomic E-state index is 0.664. The number of hydrogen-bond acceptors (Lipinski definition) is 5. The van der Waals surface area contributed by atoms with Gasteiger partial charge in [0.15, 0.2) is 0 Å². The summed E-state index contributed by atoms with van der Waals surface area (Å²) in [5.41, 5.74) is 1.96. The number of furan rings is 1. The van der Waals surface area contributed by atoms with E-state index in [2.05, 4.69) is 21.7 Å². The molecule has 4 nitrogen and oxygen atoms in total. The fraction of sp³-hybridized carbons (Fsp3) is 0.278. The van der Waals surface area contributed by atoms with E-state index in [0.717, 1.165) is 22.8 Å². The van der Waals surface area contributed by atoms with Crippen LogP contribution in [0.3, 0.4) is 0 Å². The summed E-state index contributed by atoms with van der Waals surface area (Å²) in [5, 5.41) is 4.06. The van der Waals surface area contributed by atoms with Gasteiger partial charge in [0.05, 0.1) is 25.0 Å². The predicted molar refractivity (Wildman–Crippen MR) is 90.8 cm³/mol. The van der Waals surface area contributed by atoms with Crippen molar-refractivity contribution in [3.05, 3.63) is 52.4 Å². The highest BCUT2D eigenvalue weighted by atomic mass is 32.1. The van der Waals surface area contributed by atoms with Gasteiger partial charge in [0, 0.05) is 17.5 Å². The second-order valence-corrected chi connectivity index (χ2v) is 5.97. The van der Waals surface area contributed by atoms with Crippen molar-refractivity contribution in [1.29, 1.82) is 0 Å². The molecule has 0 aromatic carbocycles. The zero-order valence-electron chi connectivity index (χ0n) is 13.2. The SMILES string of the molecule is CC#CCN(Cc1ccco1)Cc1nc(-c2ccsc2)oc1C. The molecule has 0 spiro atoms. The average molecular weight is 326 g/mol. The number of rotatable bonds is 6. The molecule has 3 heterocycles. The Labute approximate surface area is 139 Å². The van der Waals surface area contributed by atoms with Gasteiger partial charge >= 0.3 is 0 Å². The van der Waals surface area contributed by atoms with Gasteiger partial charge in [0.25, 0.3) is 0 Å². The second-order valence-electron chi connectivity index (χ2n) is 5.19. The molecule has 0 atom stereocenters. The van der Waals surface area contributed by atoms with Crippen molar-refractivity contribution in [3.63, 3.8) is 0 Å². The van der Waals surface area contributed by atoms with Crippen LogP contribution in [0.1, 0.15) is 24.1 Å². The molecule has 0 saturated heterocycles. The summed E-state index contributed by atoms with van der Waals surface area (Å²) in [6.07, 6.45) is 1.69. The molecule has 0 aliphatic carbocycles.